The smallest absolute Gasteiger partial charge is 0.417 e. The number of amides is 1. The van der Waals surface area contributed by atoms with E-state index in [0.717, 1.165) is 6.07 Å². The summed E-state index contributed by atoms with van der Waals surface area (Å²) < 4.78 is 44.2. The van der Waals surface area contributed by atoms with Crippen molar-refractivity contribution in [1.29, 1.82) is 0 Å². The lowest BCUT2D eigenvalue weighted by molar-refractivity contribution is -0.138. The van der Waals surface area contributed by atoms with Crippen molar-refractivity contribution >= 4 is 17.7 Å². The minimum Gasteiger partial charge on any atom is -0.462 e. The molecule has 2 N–H and O–H groups in total. The van der Waals surface area contributed by atoms with Gasteiger partial charge in [0.1, 0.15) is 5.56 Å². The largest absolute Gasteiger partial charge is 0.462 e. The van der Waals surface area contributed by atoms with Crippen molar-refractivity contribution in [2.45, 2.75) is 33.9 Å². The van der Waals surface area contributed by atoms with Crippen LogP contribution >= 0.6 is 0 Å². The number of rotatable bonds is 5. The Kier molecular flexibility index (Phi) is 5.94. The quantitative estimate of drug-likeness (QED) is 0.640. The number of anilines is 1. The second-order valence-electron chi connectivity index (χ2n) is 5.02. The summed E-state index contributed by atoms with van der Waals surface area (Å²) in [6.45, 7) is 5.93. The summed E-state index contributed by atoms with van der Waals surface area (Å²) in [6, 6.07) is 0.752. The highest BCUT2D eigenvalue weighted by Crippen LogP contribution is 2.35. The van der Waals surface area contributed by atoms with Crippen molar-refractivity contribution in [2.24, 2.45) is 5.92 Å². The molecule has 0 aliphatic carbocycles. The van der Waals surface area contributed by atoms with E-state index < -0.39 is 40.9 Å². The summed E-state index contributed by atoms with van der Waals surface area (Å²) in [4.78, 5) is 27.3. The number of carbonyl (C=O) groups is 2. The summed E-state index contributed by atoms with van der Waals surface area (Å²) in [6.07, 6.45) is -4.77. The van der Waals surface area contributed by atoms with Gasteiger partial charge in [-0.3, -0.25) is 15.6 Å². The lowest BCUT2D eigenvalue weighted by Gasteiger charge is -2.18. The fraction of sp³-hybridized carbons (Fsp3) is 0.500. The number of alkyl halides is 3. The zero-order chi connectivity index (χ0) is 17.8. The minimum absolute atomic E-state index is 0.0340. The van der Waals surface area contributed by atoms with Gasteiger partial charge in [0, 0.05) is 11.6 Å². The zero-order valence-electron chi connectivity index (χ0n) is 13.2. The first-order valence-corrected chi connectivity index (χ1v) is 6.89. The number of hydrazine groups is 1. The number of aryl methyl sites for hydroxylation is 1. The number of nitrogens with zero attached hydrogens (tertiary/aromatic N) is 1. The zero-order valence-corrected chi connectivity index (χ0v) is 13.2. The van der Waals surface area contributed by atoms with Gasteiger partial charge < -0.3 is 4.74 Å². The van der Waals surface area contributed by atoms with Crippen molar-refractivity contribution in [1.82, 2.24) is 10.4 Å². The normalized spacial score (nSPS) is 11.3. The lowest BCUT2D eigenvalue weighted by Crippen LogP contribution is -2.34. The molecule has 0 unspecified atom stereocenters. The molecule has 1 amide bonds. The second-order valence-corrected chi connectivity index (χ2v) is 5.02. The Morgan fingerprint density at radius 3 is 2.43 bits per heavy atom. The van der Waals surface area contributed by atoms with Crippen LogP contribution < -0.4 is 10.9 Å². The number of hydrogen-bond acceptors (Lipinski definition) is 5. The molecule has 0 saturated heterocycles. The van der Waals surface area contributed by atoms with Crippen LogP contribution in [0.15, 0.2) is 6.07 Å². The van der Waals surface area contributed by atoms with E-state index >= 15 is 0 Å². The van der Waals surface area contributed by atoms with Crippen LogP contribution in [0.3, 0.4) is 0 Å². The number of halogens is 3. The van der Waals surface area contributed by atoms with Gasteiger partial charge in [0.15, 0.2) is 5.82 Å². The number of ether oxygens (including phenoxy) is 1. The molecule has 0 aromatic carbocycles. The fourth-order valence-electron chi connectivity index (χ4n) is 1.66. The summed E-state index contributed by atoms with van der Waals surface area (Å²) >= 11 is 0. The number of esters is 1. The summed E-state index contributed by atoms with van der Waals surface area (Å²) in [7, 11) is 0. The number of aromatic nitrogens is 1. The maximum atomic E-state index is 13.2. The predicted octanol–water partition coefficient (Wildman–Crippen LogP) is 2.68. The molecule has 6 nitrogen and oxygen atoms in total. The van der Waals surface area contributed by atoms with Crippen LogP contribution in [0.4, 0.5) is 19.0 Å². The van der Waals surface area contributed by atoms with Gasteiger partial charge in [0.05, 0.1) is 12.2 Å². The predicted molar refractivity (Wildman–Crippen MR) is 76.5 cm³/mol. The Hall–Kier alpha value is -2.32. The van der Waals surface area contributed by atoms with Gasteiger partial charge in [-0.1, -0.05) is 13.8 Å². The van der Waals surface area contributed by atoms with E-state index in [4.69, 9.17) is 0 Å². The van der Waals surface area contributed by atoms with Crippen LogP contribution in [0.2, 0.25) is 0 Å². The molecule has 0 fully saturated rings. The monoisotopic (exact) mass is 333 g/mol. The van der Waals surface area contributed by atoms with Gasteiger partial charge in [-0.05, 0) is 19.9 Å². The highest BCUT2D eigenvalue weighted by molar-refractivity contribution is 5.97. The van der Waals surface area contributed by atoms with Crippen molar-refractivity contribution in [2.75, 3.05) is 12.0 Å². The van der Waals surface area contributed by atoms with Crippen LogP contribution in [-0.4, -0.2) is 23.5 Å². The van der Waals surface area contributed by atoms with Crippen LogP contribution in [-0.2, 0) is 15.7 Å². The molecule has 1 rings (SSSR count). The standard InChI is InChI=1S/C14H18F3N3O3/c1-5-23-13(22)10-9(14(15,16)17)6-8(4)18-11(10)19-20-12(21)7(2)3/h6-7H,5H2,1-4H3,(H,18,19)(H,20,21). The van der Waals surface area contributed by atoms with Gasteiger partial charge >= 0.3 is 12.1 Å². The highest BCUT2D eigenvalue weighted by Gasteiger charge is 2.38. The van der Waals surface area contributed by atoms with Gasteiger partial charge in [-0.25, -0.2) is 9.78 Å². The van der Waals surface area contributed by atoms with Crippen LogP contribution in [0, 0.1) is 12.8 Å². The molecule has 0 saturated carbocycles. The van der Waals surface area contributed by atoms with Gasteiger partial charge in [-0.15, -0.1) is 0 Å². The number of hydrogen-bond donors (Lipinski definition) is 2. The van der Waals surface area contributed by atoms with E-state index in [9.17, 15) is 22.8 Å². The third kappa shape index (κ3) is 4.83. The van der Waals surface area contributed by atoms with Crippen molar-refractivity contribution in [3.8, 4) is 0 Å². The number of pyridine rings is 1. The third-order valence-electron chi connectivity index (χ3n) is 2.76. The Bertz CT molecular complexity index is 601. The van der Waals surface area contributed by atoms with Gasteiger partial charge in [-0.2, -0.15) is 13.2 Å². The molecule has 1 aromatic heterocycles. The summed E-state index contributed by atoms with van der Waals surface area (Å²) in [5.74, 6) is -2.45. The number of nitrogens with one attached hydrogen (secondary N) is 2. The molecular formula is C14H18F3N3O3. The fourth-order valence-corrected chi connectivity index (χ4v) is 1.66. The first-order chi connectivity index (χ1) is 10.6. The molecule has 1 aromatic rings. The van der Waals surface area contributed by atoms with Crippen molar-refractivity contribution in [3.63, 3.8) is 0 Å². The van der Waals surface area contributed by atoms with Crippen LogP contribution in [0.5, 0.6) is 0 Å². The maximum absolute atomic E-state index is 13.2. The number of carbonyl (C=O) groups excluding carboxylic acids is 2. The molecule has 0 aliphatic rings. The average Bonchev–Trinajstić information content (AvgIpc) is 2.42. The van der Waals surface area contributed by atoms with Crippen LogP contribution in [0.1, 0.15) is 42.4 Å². The van der Waals surface area contributed by atoms with Crippen molar-refractivity contribution in [3.05, 3.63) is 22.9 Å². The molecule has 0 spiro atoms. The maximum Gasteiger partial charge on any atom is 0.417 e. The molecule has 0 aliphatic heterocycles. The molecule has 0 atom stereocenters. The highest BCUT2D eigenvalue weighted by atomic mass is 19.4. The van der Waals surface area contributed by atoms with Gasteiger partial charge in [0.2, 0.25) is 5.91 Å². The second kappa shape index (κ2) is 7.30. The van der Waals surface area contributed by atoms with Crippen LogP contribution in [0.25, 0.3) is 0 Å². The molecule has 23 heavy (non-hydrogen) atoms. The molecule has 9 heteroatoms. The first-order valence-electron chi connectivity index (χ1n) is 6.89. The summed E-state index contributed by atoms with van der Waals surface area (Å²) in [5.41, 5.74) is 2.58. The Morgan fingerprint density at radius 1 is 1.35 bits per heavy atom. The first kappa shape index (κ1) is 18.7. The lowest BCUT2D eigenvalue weighted by atomic mass is 10.1. The van der Waals surface area contributed by atoms with Crippen molar-refractivity contribution < 1.29 is 27.5 Å². The van der Waals surface area contributed by atoms with E-state index in [1.165, 1.54) is 13.8 Å². The van der Waals surface area contributed by atoms with Gasteiger partial charge in [0.25, 0.3) is 0 Å². The van der Waals surface area contributed by atoms with E-state index in [1.54, 1.807) is 13.8 Å². The SMILES string of the molecule is CCOC(=O)c1c(C(F)(F)F)cc(C)nc1NNC(=O)C(C)C. The molecule has 1 heterocycles. The summed E-state index contributed by atoms with van der Waals surface area (Å²) in [5, 5.41) is 0. The van der Waals surface area contributed by atoms with E-state index in [1.807, 2.05) is 0 Å². The molecule has 0 radical (unpaired) electrons. The topological polar surface area (TPSA) is 80.3 Å². The average molecular weight is 333 g/mol. The Balaban J connectivity index is 3.34. The Labute approximate surface area is 131 Å². The third-order valence-corrected chi connectivity index (χ3v) is 2.76. The molecule has 128 valence electrons. The van der Waals surface area contributed by atoms with E-state index in [-0.39, 0.29) is 12.3 Å². The van der Waals surface area contributed by atoms with E-state index in [2.05, 4.69) is 20.6 Å². The Morgan fingerprint density at radius 2 is 1.96 bits per heavy atom. The van der Waals surface area contributed by atoms with E-state index in [0.29, 0.717) is 0 Å². The molecule has 0 bridgehead atoms. The molecular weight excluding hydrogens is 315 g/mol. The minimum atomic E-state index is -4.77.